The average Bonchev–Trinajstić information content (AvgIpc) is 3.21. The third-order valence-corrected chi connectivity index (χ3v) is 4.83. The van der Waals surface area contributed by atoms with Gasteiger partial charge in [0.2, 0.25) is 0 Å². The summed E-state index contributed by atoms with van der Waals surface area (Å²) in [5, 5.41) is 9.89. The van der Waals surface area contributed by atoms with E-state index in [1.807, 2.05) is 4.57 Å². The molecule has 1 fully saturated rings. The maximum absolute atomic E-state index is 10.9. The molecular weight excluding hydrogens is 311 g/mol. The molecule has 0 saturated heterocycles. The monoisotopic (exact) mass is 326 g/mol. The van der Waals surface area contributed by atoms with Gasteiger partial charge in [0.1, 0.15) is 5.82 Å². The maximum atomic E-state index is 10.9. The van der Waals surface area contributed by atoms with Gasteiger partial charge >= 0.3 is 5.97 Å². The molecule has 21 heavy (non-hydrogen) atoms. The fraction of sp³-hybridized carbons (Fsp3) is 0.467. The van der Waals surface area contributed by atoms with Crippen molar-refractivity contribution in [1.29, 1.82) is 0 Å². The van der Waals surface area contributed by atoms with Crippen LogP contribution in [0.15, 0.2) is 12.1 Å². The number of benzene rings is 1. The van der Waals surface area contributed by atoms with Crippen LogP contribution >= 0.6 is 23.2 Å². The fourth-order valence-corrected chi connectivity index (χ4v) is 3.05. The van der Waals surface area contributed by atoms with Crippen LogP contribution in [0, 0.1) is 5.92 Å². The highest BCUT2D eigenvalue weighted by Crippen LogP contribution is 2.43. The Bertz CT molecular complexity index is 707. The zero-order valence-corrected chi connectivity index (χ0v) is 13.2. The minimum absolute atomic E-state index is 0.0656. The summed E-state index contributed by atoms with van der Waals surface area (Å²) in [6.45, 7) is 2.55. The molecular formula is C15H16Cl2N2O2. The molecule has 0 bridgehead atoms. The van der Waals surface area contributed by atoms with Crippen LogP contribution in [0.5, 0.6) is 0 Å². The number of aryl methyl sites for hydroxylation is 1. The van der Waals surface area contributed by atoms with Crippen LogP contribution in [0.4, 0.5) is 0 Å². The minimum atomic E-state index is -0.818. The molecule has 1 aliphatic carbocycles. The van der Waals surface area contributed by atoms with Crippen LogP contribution < -0.4 is 0 Å². The Morgan fingerprint density at radius 1 is 1.43 bits per heavy atom. The number of aliphatic carboxylic acids is 1. The number of hydrogen-bond donors (Lipinski definition) is 1. The SMILES string of the molecule is CC(c1nc2cc(Cl)c(Cl)cc2n1CCC(=O)O)C1CC1. The Labute approximate surface area is 132 Å². The van der Waals surface area contributed by atoms with Crippen molar-refractivity contribution in [3.05, 3.63) is 28.0 Å². The van der Waals surface area contributed by atoms with Crippen LogP contribution in [0.1, 0.15) is 37.9 Å². The molecule has 1 atom stereocenters. The van der Waals surface area contributed by atoms with Gasteiger partial charge in [-0.15, -0.1) is 0 Å². The highest BCUT2D eigenvalue weighted by Gasteiger charge is 2.32. The van der Waals surface area contributed by atoms with Gasteiger partial charge in [-0.1, -0.05) is 30.1 Å². The Morgan fingerprint density at radius 2 is 2.10 bits per heavy atom. The zero-order valence-electron chi connectivity index (χ0n) is 11.6. The van der Waals surface area contributed by atoms with Gasteiger partial charge < -0.3 is 9.67 Å². The number of carboxylic acid groups (broad SMARTS) is 1. The van der Waals surface area contributed by atoms with E-state index in [0.717, 1.165) is 16.9 Å². The minimum Gasteiger partial charge on any atom is -0.481 e. The maximum Gasteiger partial charge on any atom is 0.305 e. The number of hydrogen-bond acceptors (Lipinski definition) is 2. The third-order valence-electron chi connectivity index (χ3n) is 4.11. The van der Waals surface area contributed by atoms with E-state index in [-0.39, 0.29) is 6.42 Å². The molecule has 6 heteroatoms. The number of carbonyl (C=O) groups is 1. The van der Waals surface area contributed by atoms with Crippen molar-refractivity contribution in [3.8, 4) is 0 Å². The van der Waals surface area contributed by atoms with E-state index >= 15 is 0 Å². The Hall–Kier alpha value is -1.26. The Kier molecular flexibility index (Phi) is 3.84. The Balaban J connectivity index is 2.10. The standard InChI is InChI=1S/C15H16Cl2N2O2/c1-8(9-2-3-9)15-18-12-6-10(16)11(17)7-13(12)19(15)5-4-14(20)21/h6-9H,2-5H2,1H3,(H,20,21). The molecule has 1 aromatic heterocycles. The molecule has 4 nitrogen and oxygen atoms in total. The number of carboxylic acids is 1. The summed E-state index contributed by atoms with van der Waals surface area (Å²) in [7, 11) is 0. The number of halogens is 2. The summed E-state index contributed by atoms with van der Waals surface area (Å²) in [4.78, 5) is 15.6. The van der Waals surface area contributed by atoms with Gasteiger partial charge in [-0.2, -0.15) is 0 Å². The topological polar surface area (TPSA) is 55.1 Å². The van der Waals surface area contributed by atoms with Gasteiger partial charge in [0.25, 0.3) is 0 Å². The second-order valence-corrected chi connectivity index (χ2v) is 6.46. The molecule has 1 aromatic carbocycles. The van der Waals surface area contributed by atoms with E-state index in [1.165, 1.54) is 12.8 Å². The number of nitrogens with zero attached hydrogens (tertiary/aromatic N) is 2. The summed E-state index contributed by atoms with van der Waals surface area (Å²) < 4.78 is 1.98. The number of imidazole rings is 1. The lowest BCUT2D eigenvalue weighted by atomic mass is 10.1. The van der Waals surface area contributed by atoms with Crippen LogP contribution in [-0.4, -0.2) is 20.6 Å². The summed E-state index contributed by atoms with van der Waals surface area (Å²) >= 11 is 12.2. The van der Waals surface area contributed by atoms with E-state index < -0.39 is 5.97 Å². The molecule has 0 aliphatic heterocycles. The molecule has 0 radical (unpaired) electrons. The van der Waals surface area contributed by atoms with Crippen molar-refractivity contribution in [2.75, 3.05) is 0 Å². The van der Waals surface area contributed by atoms with Gasteiger partial charge in [-0.25, -0.2) is 4.98 Å². The van der Waals surface area contributed by atoms with Crippen molar-refractivity contribution in [2.45, 2.75) is 38.6 Å². The highest BCUT2D eigenvalue weighted by molar-refractivity contribution is 6.42. The first-order valence-corrected chi connectivity index (χ1v) is 7.80. The van der Waals surface area contributed by atoms with E-state index in [4.69, 9.17) is 28.3 Å². The van der Waals surface area contributed by atoms with Crippen molar-refractivity contribution >= 4 is 40.2 Å². The fourth-order valence-electron chi connectivity index (χ4n) is 2.74. The lowest BCUT2D eigenvalue weighted by Gasteiger charge is -2.13. The molecule has 1 unspecified atom stereocenters. The predicted molar refractivity (Wildman–Crippen MR) is 83.1 cm³/mol. The van der Waals surface area contributed by atoms with Crippen molar-refractivity contribution in [3.63, 3.8) is 0 Å². The summed E-state index contributed by atoms with van der Waals surface area (Å²) in [5.74, 6) is 1.09. The number of rotatable bonds is 5. The van der Waals surface area contributed by atoms with E-state index in [1.54, 1.807) is 12.1 Å². The van der Waals surface area contributed by atoms with Gasteiger partial charge in [-0.05, 0) is 30.9 Å². The van der Waals surface area contributed by atoms with E-state index in [2.05, 4.69) is 11.9 Å². The van der Waals surface area contributed by atoms with Crippen LogP contribution in [0.25, 0.3) is 11.0 Å². The lowest BCUT2D eigenvalue weighted by molar-refractivity contribution is -0.137. The summed E-state index contributed by atoms with van der Waals surface area (Å²) in [5.41, 5.74) is 1.63. The molecule has 112 valence electrons. The first-order valence-electron chi connectivity index (χ1n) is 7.04. The summed E-state index contributed by atoms with van der Waals surface area (Å²) in [6, 6.07) is 3.52. The normalized spacial score (nSPS) is 16.3. The van der Waals surface area contributed by atoms with Crippen molar-refractivity contribution < 1.29 is 9.90 Å². The lowest BCUT2D eigenvalue weighted by Crippen LogP contribution is -2.11. The second-order valence-electron chi connectivity index (χ2n) is 5.65. The van der Waals surface area contributed by atoms with Gasteiger partial charge in [0, 0.05) is 12.5 Å². The average molecular weight is 327 g/mol. The van der Waals surface area contributed by atoms with Gasteiger partial charge in [-0.3, -0.25) is 4.79 Å². The first-order chi connectivity index (χ1) is 9.97. The first kappa shape index (κ1) is 14.7. The Morgan fingerprint density at radius 3 is 2.71 bits per heavy atom. The molecule has 1 saturated carbocycles. The van der Waals surface area contributed by atoms with Crippen LogP contribution in [0.3, 0.4) is 0 Å². The van der Waals surface area contributed by atoms with Crippen molar-refractivity contribution in [2.24, 2.45) is 5.92 Å². The smallest absolute Gasteiger partial charge is 0.305 e. The summed E-state index contributed by atoms with van der Waals surface area (Å²) in [6.07, 6.45) is 2.49. The van der Waals surface area contributed by atoms with E-state index in [0.29, 0.717) is 28.4 Å². The van der Waals surface area contributed by atoms with E-state index in [9.17, 15) is 4.79 Å². The van der Waals surface area contributed by atoms with Gasteiger partial charge in [0.05, 0.1) is 27.5 Å². The van der Waals surface area contributed by atoms with Crippen LogP contribution in [-0.2, 0) is 11.3 Å². The molecule has 1 heterocycles. The van der Waals surface area contributed by atoms with Gasteiger partial charge in [0.15, 0.2) is 0 Å². The van der Waals surface area contributed by atoms with Crippen molar-refractivity contribution in [1.82, 2.24) is 9.55 Å². The quantitative estimate of drug-likeness (QED) is 0.889. The predicted octanol–water partition coefficient (Wildman–Crippen LogP) is 4.33. The number of aromatic nitrogens is 2. The molecule has 3 rings (SSSR count). The van der Waals surface area contributed by atoms with Crippen LogP contribution in [0.2, 0.25) is 10.0 Å². The second kappa shape index (κ2) is 5.50. The molecule has 1 N–H and O–H groups in total. The molecule has 0 spiro atoms. The highest BCUT2D eigenvalue weighted by atomic mass is 35.5. The molecule has 0 amide bonds. The number of fused-ring (bicyclic) bond motifs is 1. The largest absolute Gasteiger partial charge is 0.481 e. The molecule has 1 aliphatic rings. The molecule has 2 aromatic rings. The zero-order chi connectivity index (χ0) is 15.1. The third kappa shape index (κ3) is 2.87.